The van der Waals surface area contributed by atoms with Crippen molar-refractivity contribution in [3.8, 4) is 11.4 Å². The Hall–Kier alpha value is -1.75. The fourth-order valence-electron chi connectivity index (χ4n) is 1.42. The van der Waals surface area contributed by atoms with Crippen molar-refractivity contribution < 1.29 is 4.39 Å². The van der Waals surface area contributed by atoms with Gasteiger partial charge in [-0.25, -0.2) is 4.39 Å². The summed E-state index contributed by atoms with van der Waals surface area (Å²) >= 11 is 0. The molecule has 0 amide bonds. The van der Waals surface area contributed by atoms with Gasteiger partial charge in [-0.15, -0.1) is 0 Å². The monoisotopic (exact) mass is 220 g/mol. The van der Waals surface area contributed by atoms with E-state index in [4.69, 9.17) is 5.73 Å². The molecule has 1 atom stereocenters. The molecule has 2 heterocycles. The summed E-state index contributed by atoms with van der Waals surface area (Å²) in [5.41, 5.74) is 7.05. The third-order valence-corrected chi connectivity index (χ3v) is 2.11. The zero-order chi connectivity index (χ0) is 11.5. The molecular weight excluding hydrogens is 207 g/mol. The topological polar surface area (TPSA) is 56.7 Å². The molecule has 0 aromatic carbocycles. The molecule has 16 heavy (non-hydrogen) atoms. The zero-order valence-corrected chi connectivity index (χ0v) is 8.97. The first-order chi connectivity index (χ1) is 7.65. The van der Waals surface area contributed by atoms with Crippen LogP contribution < -0.4 is 5.73 Å². The summed E-state index contributed by atoms with van der Waals surface area (Å²) in [6, 6.07) is 4.86. The molecule has 2 aromatic rings. The quantitative estimate of drug-likeness (QED) is 0.851. The average molecular weight is 220 g/mol. The van der Waals surface area contributed by atoms with Crippen LogP contribution in [0.15, 0.2) is 30.6 Å². The predicted molar refractivity (Wildman–Crippen MR) is 59.1 cm³/mol. The van der Waals surface area contributed by atoms with E-state index in [-0.39, 0.29) is 11.9 Å². The van der Waals surface area contributed by atoms with Crippen LogP contribution in [0.25, 0.3) is 11.4 Å². The van der Waals surface area contributed by atoms with Gasteiger partial charge in [-0.2, -0.15) is 5.10 Å². The van der Waals surface area contributed by atoms with E-state index in [0.717, 1.165) is 5.69 Å². The molecule has 0 saturated heterocycles. The molecule has 0 radical (unpaired) electrons. The Balaban J connectivity index is 2.21. The molecule has 84 valence electrons. The molecule has 0 bridgehead atoms. The van der Waals surface area contributed by atoms with Crippen LogP contribution in [0.3, 0.4) is 0 Å². The van der Waals surface area contributed by atoms with E-state index < -0.39 is 0 Å². The summed E-state index contributed by atoms with van der Waals surface area (Å²) in [6.07, 6.45) is 3.02. The highest BCUT2D eigenvalue weighted by atomic mass is 19.1. The highest BCUT2D eigenvalue weighted by Gasteiger charge is 2.04. The normalized spacial score (nSPS) is 12.7. The first-order valence-corrected chi connectivity index (χ1v) is 5.06. The Morgan fingerprint density at radius 1 is 1.38 bits per heavy atom. The zero-order valence-electron chi connectivity index (χ0n) is 8.97. The Morgan fingerprint density at radius 3 is 2.81 bits per heavy atom. The maximum atomic E-state index is 12.7. The summed E-state index contributed by atoms with van der Waals surface area (Å²) in [5, 5.41) is 4.30. The van der Waals surface area contributed by atoms with E-state index in [9.17, 15) is 4.39 Å². The van der Waals surface area contributed by atoms with Gasteiger partial charge >= 0.3 is 0 Å². The van der Waals surface area contributed by atoms with Crippen molar-refractivity contribution in [2.45, 2.75) is 19.5 Å². The number of aromatic nitrogens is 3. The minimum atomic E-state index is -0.348. The van der Waals surface area contributed by atoms with Crippen LogP contribution in [0.5, 0.6) is 0 Å². The first kappa shape index (κ1) is 10.8. The summed E-state index contributed by atoms with van der Waals surface area (Å²) < 4.78 is 14.4. The average Bonchev–Trinajstić information content (AvgIpc) is 2.66. The van der Waals surface area contributed by atoms with Crippen LogP contribution in [-0.4, -0.2) is 20.8 Å². The largest absolute Gasteiger partial charge is 0.326 e. The van der Waals surface area contributed by atoms with Crippen LogP contribution >= 0.6 is 0 Å². The molecule has 2 N–H and O–H groups in total. The summed E-state index contributed by atoms with van der Waals surface area (Å²) in [4.78, 5) is 3.96. The highest BCUT2D eigenvalue weighted by Crippen LogP contribution is 2.13. The van der Waals surface area contributed by atoms with Gasteiger partial charge in [-0.05, 0) is 25.1 Å². The fourth-order valence-corrected chi connectivity index (χ4v) is 1.42. The van der Waals surface area contributed by atoms with Crippen molar-refractivity contribution in [1.29, 1.82) is 0 Å². The van der Waals surface area contributed by atoms with E-state index >= 15 is 0 Å². The van der Waals surface area contributed by atoms with Crippen LogP contribution in [0.1, 0.15) is 6.92 Å². The second-order valence-electron chi connectivity index (χ2n) is 3.76. The highest BCUT2D eigenvalue weighted by molar-refractivity contribution is 5.52. The number of pyridine rings is 1. The SMILES string of the molecule is C[C@H](N)Cn1ccc(-c2ccc(F)cn2)n1. The number of hydrogen-bond acceptors (Lipinski definition) is 3. The lowest BCUT2D eigenvalue weighted by atomic mass is 10.3. The van der Waals surface area contributed by atoms with Crippen LogP contribution in [0.4, 0.5) is 4.39 Å². The molecular formula is C11H13FN4. The van der Waals surface area contributed by atoms with Crippen LogP contribution in [0, 0.1) is 5.82 Å². The molecule has 0 aliphatic rings. The van der Waals surface area contributed by atoms with E-state index in [1.54, 1.807) is 10.7 Å². The predicted octanol–water partition coefficient (Wildman–Crippen LogP) is 1.43. The van der Waals surface area contributed by atoms with Crippen molar-refractivity contribution in [1.82, 2.24) is 14.8 Å². The number of hydrogen-bond donors (Lipinski definition) is 1. The van der Waals surface area contributed by atoms with E-state index in [1.165, 1.54) is 12.3 Å². The van der Waals surface area contributed by atoms with E-state index in [1.807, 2.05) is 19.2 Å². The van der Waals surface area contributed by atoms with Gasteiger partial charge in [0, 0.05) is 12.2 Å². The van der Waals surface area contributed by atoms with Crippen LogP contribution in [0.2, 0.25) is 0 Å². The van der Waals surface area contributed by atoms with Gasteiger partial charge in [0.15, 0.2) is 0 Å². The summed E-state index contributed by atoms with van der Waals surface area (Å²) in [6.45, 7) is 2.57. The minimum Gasteiger partial charge on any atom is -0.326 e. The maximum Gasteiger partial charge on any atom is 0.141 e. The Bertz CT molecular complexity index is 461. The van der Waals surface area contributed by atoms with E-state index in [0.29, 0.717) is 12.2 Å². The fraction of sp³-hybridized carbons (Fsp3) is 0.273. The standard InChI is InChI=1S/C11H13FN4/c1-8(13)7-16-5-4-11(15-16)10-3-2-9(12)6-14-10/h2-6,8H,7,13H2,1H3/t8-/m0/s1. The Morgan fingerprint density at radius 2 is 2.19 bits per heavy atom. The minimum absolute atomic E-state index is 0.0499. The lowest BCUT2D eigenvalue weighted by Crippen LogP contribution is -2.22. The molecule has 0 aliphatic carbocycles. The second kappa shape index (κ2) is 4.40. The molecule has 0 spiro atoms. The van der Waals surface area contributed by atoms with Gasteiger partial charge in [0.1, 0.15) is 11.5 Å². The molecule has 2 rings (SSSR count). The summed E-state index contributed by atoms with van der Waals surface area (Å²) in [7, 11) is 0. The van der Waals surface area contributed by atoms with E-state index in [2.05, 4.69) is 10.1 Å². The third-order valence-electron chi connectivity index (χ3n) is 2.11. The Kier molecular flexibility index (Phi) is 2.96. The molecule has 0 unspecified atom stereocenters. The summed E-state index contributed by atoms with van der Waals surface area (Å²) in [5.74, 6) is -0.348. The molecule has 0 saturated carbocycles. The van der Waals surface area contributed by atoms with Gasteiger partial charge in [-0.3, -0.25) is 9.67 Å². The lowest BCUT2D eigenvalue weighted by Gasteiger charge is -2.03. The third kappa shape index (κ3) is 2.43. The first-order valence-electron chi connectivity index (χ1n) is 5.06. The smallest absolute Gasteiger partial charge is 0.141 e. The second-order valence-corrected chi connectivity index (χ2v) is 3.76. The maximum absolute atomic E-state index is 12.7. The Labute approximate surface area is 92.9 Å². The molecule has 4 nitrogen and oxygen atoms in total. The number of rotatable bonds is 3. The van der Waals surface area contributed by atoms with Gasteiger partial charge in [0.25, 0.3) is 0 Å². The van der Waals surface area contributed by atoms with Gasteiger partial charge < -0.3 is 5.73 Å². The number of nitrogens with zero attached hydrogens (tertiary/aromatic N) is 3. The van der Waals surface area contributed by atoms with Crippen molar-refractivity contribution in [2.24, 2.45) is 5.73 Å². The van der Waals surface area contributed by atoms with Crippen molar-refractivity contribution in [2.75, 3.05) is 0 Å². The number of halogens is 1. The molecule has 5 heteroatoms. The molecule has 2 aromatic heterocycles. The molecule has 0 fully saturated rings. The van der Waals surface area contributed by atoms with Gasteiger partial charge in [0.05, 0.1) is 18.4 Å². The van der Waals surface area contributed by atoms with Crippen molar-refractivity contribution >= 4 is 0 Å². The van der Waals surface area contributed by atoms with Crippen LogP contribution in [-0.2, 0) is 6.54 Å². The van der Waals surface area contributed by atoms with Crippen molar-refractivity contribution in [3.63, 3.8) is 0 Å². The van der Waals surface area contributed by atoms with Crippen molar-refractivity contribution in [3.05, 3.63) is 36.4 Å². The molecule has 0 aliphatic heterocycles. The van der Waals surface area contributed by atoms with Gasteiger partial charge in [-0.1, -0.05) is 0 Å². The number of nitrogens with two attached hydrogens (primary N) is 1. The van der Waals surface area contributed by atoms with Gasteiger partial charge in [0.2, 0.25) is 0 Å². The lowest BCUT2D eigenvalue weighted by molar-refractivity contribution is 0.539.